The lowest BCUT2D eigenvalue weighted by molar-refractivity contribution is -0.143. The lowest BCUT2D eigenvalue weighted by Gasteiger charge is -2.04. The molecule has 0 saturated heterocycles. The second-order valence-corrected chi connectivity index (χ2v) is 4.83. The fourth-order valence-corrected chi connectivity index (χ4v) is 1.14. The van der Waals surface area contributed by atoms with Gasteiger partial charge in [-0.05, 0) is 45.9 Å². The standard InChI is InChI=1S/C11H17IO2/c1-4-14-11(13)8-9(2)6-5-7-10(3)12/h5-7,9H,4,8H2,1-3H3/b6-5+,10-7-/t9-/m1/s1. The molecule has 0 aliphatic heterocycles. The average Bonchev–Trinajstić information content (AvgIpc) is 2.03. The zero-order valence-electron chi connectivity index (χ0n) is 8.92. The maximum absolute atomic E-state index is 11.1. The molecule has 0 spiro atoms. The summed E-state index contributed by atoms with van der Waals surface area (Å²) in [6.45, 7) is 6.31. The summed E-state index contributed by atoms with van der Waals surface area (Å²) in [6.07, 6.45) is 6.46. The third-order valence-corrected chi connectivity index (χ3v) is 1.92. The van der Waals surface area contributed by atoms with Gasteiger partial charge in [0.2, 0.25) is 0 Å². The smallest absolute Gasteiger partial charge is 0.306 e. The minimum atomic E-state index is -0.125. The number of ether oxygens (including phenoxy) is 1. The number of allylic oxidation sites excluding steroid dienone is 4. The summed E-state index contributed by atoms with van der Waals surface area (Å²) in [5.74, 6) is 0.112. The van der Waals surface area contributed by atoms with E-state index in [1.165, 1.54) is 3.58 Å². The number of halogens is 1. The predicted octanol–water partition coefficient (Wildman–Crippen LogP) is 3.47. The summed E-state index contributed by atoms with van der Waals surface area (Å²) in [5.41, 5.74) is 0. The highest BCUT2D eigenvalue weighted by Gasteiger charge is 2.05. The van der Waals surface area contributed by atoms with Crippen LogP contribution in [0.2, 0.25) is 0 Å². The molecule has 0 aliphatic rings. The molecule has 14 heavy (non-hydrogen) atoms. The van der Waals surface area contributed by atoms with Crippen LogP contribution in [0.3, 0.4) is 0 Å². The molecule has 0 aliphatic carbocycles. The summed E-state index contributed by atoms with van der Waals surface area (Å²) < 4.78 is 6.07. The number of rotatable bonds is 5. The molecule has 0 aromatic carbocycles. The van der Waals surface area contributed by atoms with E-state index >= 15 is 0 Å². The topological polar surface area (TPSA) is 26.3 Å². The summed E-state index contributed by atoms with van der Waals surface area (Å²) in [5, 5.41) is 0. The Morgan fingerprint density at radius 3 is 2.71 bits per heavy atom. The van der Waals surface area contributed by atoms with Gasteiger partial charge in [0.1, 0.15) is 0 Å². The molecule has 0 amide bonds. The normalized spacial score (nSPS) is 14.4. The van der Waals surface area contributed by atoms with Gasteiger partial charge in [0.15, 0.2) is 0 Å². The van der Waals surface area contributed by atoms with Crippen molar-refractivity contribution in [1.29, 1.82) is 0 Å². The van der Waals surface area contributed by atoms with Crippen molar-refractivity contribution in [2.45, 2.75) is 27.2 Å². The SMILES string of the molecule is CCOC(=O)C[C@H](C)/C=C/C=C(/C)I. The van der Waals surface area contributed by atoms with Crippen LogP contribution in [0.25, 0.3) is 0 Å². The molecule has 2 nitrogen and oxygen atoms in total. The van der Waals surface area contributed by atoms with Crippen molar-refractivity contribution in [2.75, 3.05) is 6.61 Å². The minimum Gasteiger partial charge on any atom is -0.466 e. The Balaban J connectivity index is 3.86. The van der Waals surface area contributed by atoms with E-state index in [4.69, 9.17) is 4.74 Å². The van der Waals surface area contributed by atoms with Gasteiger partial charge in [0.25, 0.3) is 0 Å². The predicted molar refractivity (Wildman–Crippen MR) is 67.3 cm³/mol. The van der Waals surface area contributed by atoms with Gasteiger partial charge in [-0.1, -0.05) is 25.2 Å². The minimum absolute atomic E-state index is 0.125. The van der Waals surface area contributed by atoms with E-state index < -0.39 is 0 Å². The van der Waals surface area contributed by atoms with Crippen LogP contribution in [0.1, 0.15) is 27.2 Å². The first kappa shape index (κ1) is 13.7. The summed E-state index contributed by atoms with van der Waals surface area (Å²) in [6, 6.07) is 0. The fraction of sp³-hybridized carbons (Fsp3) is 0.545. The Morgan fingerprint density at radius 1 is 1.57 bits per heavy atom. The first-order valence-corrected chi connectivity index (χ1v) is 5.80. The van der Waals surface area contributed by atoms with Gasteiger partial charge in [0, 0.05) is 0 Å². The van der Waals surface area contributed by atoms with E-state index in [1.54, 1.807) is 0 Å². The third-order valence-electron chi connectivity index (χ3n) is 1.56. The van der Waals surface area contributed by atoms with E-state index in [1.807, 2.05) is 39.0 Å². The van der Waals surface area contributed by atoms with Gasteiger partial charge in [-0.3, -0.25) is 4.79 Å². The second kappa shape index (κ2) is 8.03. The third kappa shape index (κ3) is 8.29. The molecule has 0 saturated carbocycles. The Hall–Kier alpha value is -0.320. The van der Waals surface area contributed by atoms with Crippen LogP contribution < -0.4 is 0 Å². The molecule has 0 bridgehead atoms. The second-order valence-electron chi connectivity index (χ2n) is 3.12. The summed E-state index contributed by atoms with van der Waals surface area (Å²) in [7, 11) is 0. The van der Waals surface area contributed by atoms with Crippen molar-refractivity contribution in [1.82, 2.24) is 0 Å². The van der Waals surface area contributed by atoms with Gasteiger partial charge in [-0.2, -0.15) is 0 Å². The lowest BCUT2D eigenvalue weighted by atomic mass is 10.1. The van der Waals surface area contributed by atoms with Crippen LogP contribution >= 0.6 is 22.6 Å². The van der Waals surface area contributed by atoms with Crippen molar-refractivity contribution >= 4 is 28.6 Å². The zero-order chi connectivity index (χ0) is 11.0. The Bertz CT molecular complexity index is 227. The Labute approximate surface area is 99.5 Å². The van der Waals surface area contributed by atoms with Crippen LogP contribution in [0.4, 0.5) is 0 Å². The molecular formula is C11H17IO2. The largest absolute Gasteiger partial charge is 0.466 e. The highest BCUT2D eigenvalue weighted by molar-refractivity contribution is 14.1. The highest BCUT2D eigenvalue weighted by atomic mass is 127. The number of esters is 1. The number of carbonyl (C=O) groups excluding carboxylic acids is 1. The van der Waals surface area contributed by atoms with Crippen LogP contribution in [0.5, 0.6) is 0 Å². The molecule has 0 aromatic heterocycles. The van der Waals surface area contributed by atoms with Gasteiger partial charge < -0.3 is 4.74 Å². The van der Waals surface area contributed by atoms with E-state index in [0.29, 0.717) is 13.0 Å². The number of hydrogen-bond acceptors (Lipinski definition) is 2. The van der Waals surface area contributed by atoms with Crippen molar-refractivity contribution in [2.24, 2.45) is 5.92 Å². The van der Waals surface area contributed by atoms with Gasteiger partial charge in [-0.15, -0.1) is 0 Å². The Kier molecular flexibility index (Phi) is 7.84. The van der Waals surface area contributed by atoms with Crippen LogP contribution in [0, 0.1) is 5.92 Å². The van der Waals surface area contributed by atoms with E-state index in [2.05, 4.69) is 22.6 Å². The van der Waals surface area contributed by atoms with Crippen molar-refractivity contribution in [3.63, 3.8) is 0 Å². The molecule has 0 heterocycles. The molecule has 0 unspecified atom stereocenters. The summed E-state index contributed by atoms with van der Waals surface area (Å²) >= 11 is 2.25. The maximum atomic E-state index is 11.1. The highest BCUT2D eigenvalue weighted by Crippen LogP contribution is 2.07. The monoisotopic (exact) mass is 308 g/mol. The summed E-state index contributed by atoms with van der Waals surface area (Å²) in [4.78, 5) is 11.1. The van der Waals surface area contributed by atoms with Crippen molar-refractivity contribution in [3.05, 3.63) is 21.8 Å². The molecule has 0 radical (unpaired) electrons. The quantitative estimate of drug-likeness (QED) is 0.442. The fourth-order valence-electron chi connectivity index (χ4n) is 0.929. The molecule has 0 rings (SSSR count). The van der Waals surface area contributed by atoms with E-state index in [0.717, 1.165) is 0 Å². The first-order chi connectivity index (χ1) is 6.56. The van der Waals surface area contributed by atoms with Crippen molar-refractivity contribution < 1.29 is 9.53 Å². The van der Waals surface area contributed by atoms with Gasteiger partial charge in [-0.25, -0.2) is 0 Å². The Morgan fingerprint density at radius 2 is 2.21 bits per heavy atom. The molecule has 0 aromatic rings. The van der Waals surface area contributed by atoms with Crippen LogP contribution in [-0.4, -0.2) is 12.6 Å². The van der Waals surface area contributed by atoms with Gasteiger partial charge >= 0.3 is 5.97 Å². The van der Waals surface area contributed by atoms with E-state index in [-0.39, 0.29) is 11.9 Å². The van der Waals surface area contributed by atoms with Gasteiger partial charge in [0.05, 0.1) is 13.0 Å². The van der Waals surface area contributed by atoms with Crippen molar-refractivity contribution in [3.8, 4) is 0 Å². The zero-order valence-corrected chi connectivity index (χ0v) is 11.1. The van der Waals surface area contributed by atoms with Crippen LogP contribution in [-0.2, 0) is 9.53 Å². The molecule has 0 N–H and O–H groups in total. The molecule has 80 valence electrons. The van der Waals surface area contributed by atoms with Crippen LogP contribution in [0.15, 0.2) is 21.8 Å². The number of hydrogen-bond donors (Lipinski definition) is 0. The lowest BCUT2D eigenvalue weighted by Crippen LogP contribution is -2.07. The average molecular weight is 308 g/mol. The molecule has 1 atom stereocenters. The maximum Gasteiger partial charge on any atom is 0.306 e. The number of carbonyl (C=O) groups is 1. The molecule has 3 heteroatoms. The molecular weight excluding hydrogens is 291 g/mol. The van der Waals surface area contributed by atoms with E-state index in [9.17, 15) is 4.79 Å². The first-order valence-electron chi connectivity index (χ1n) is 4.72. The molecule has 0 fully saturated rings.